The van der Waals surface area contributed by atoms with Gasteiger partial charge in [0.1, 0.15) is 10.8 Å². The van der Waals surface area contributed by atoms with Crippen LogP contribution in [-0.4, -0.2) is 49.5 Å². The zero-order chi connectivity index (χ0) is 13.0. The molecular weight excluding hydrogens is 319 g/mol. The number of methoxy groups -OCH3 is 1. The SMILES string of the molecule is COC1CC(C2(C3CCO3)CCO2)([Si](Cl)(Cl)Cl)O1. The fourth-order valence-electron chi connectivity index (χ4n) is 3.03. The maximum atomic E-state index is 6.29. The fourth-order valence-corrected chi connectivity index (χ4v) is 7.07. The highest BCUT2D eigenvalue weighted by Gasteiger charge is 2.77. The predicted molar refractivity (Wildman–Crippen MR) is 70.2 cm³/mol. The minimum absolute atomic E-state index is 0.0211. The van der Waals surface area contributed by atoms with E-state index in [0.29, 0.717) is 13.0 Å². The van der Waals surface area contributed by atoms with Crippen molar-refractivity contribution in [2.24, 2.45) is 0 Å². The molecule has 4 nitrogen and oxygen atoms in total. The van der Waals surface area contributed by atoms with Crippen molar-refractivity contribution < 1.29 is 18.9 Å². The summed E-state index contributed by atoms with van der Waals surface area (Å²) in [6, 6.07) is -3.12. The number of rotatable bonds is 4. The van der Waals surface area contributed by atoms with E-state index in [1.807, 2.05) is 0 Å². The Hall–Kier alpha value is 0.927. The molecule has 3 heterocycles. The van der Waals surface area contributed by atoms with E-state index >= 15 is 0 Å². The Bertz CT molecular complexity index is 335. The second kappa shape index (κ2) is 4.46. The highest BCUT2D eigenvalue weighted by molar-refractivity contribution is 7.65. The summed E-state index contributed by atoms with van der Waals surface area (Å²) < 4.78 is 22.4. The van der Waals surface area contributed by atoms with Crippen LogP contribution in [0.2, 0.25) is 0 Å². The van der Waals surface area contributed by atoms with Gasteiger partial charge in [-0.1, -0.05) is 0 Å². The van der Waals surface area contributed by atoms with Crippen LogP contribution in [-0.2, 0) is 18.9 Å². The van der Waals surface area contributed by atoms with Gasteiger partial charge in [0.15, 0.2) is 6.29 Å². The molecule has 3 aliphatic rings. The molecule has 3 rings (SSSR count). The summed E-state index contributed by atoms with van der Waals surface area (Å²) in [5.74, 6) is 0. The smallest absolute Gasteiger partial charge is 0.375 e. The normalized spacial score (nSPS) is 48.0. The lowest BCUT2D eigenvalue weighted by molar-refractivity contribution is -0.382. The second-order valence-corrected chi connectivity index (χ2v) is 13.6. The largest absolute Gasteiger partial charge is 0.375 e. The maximum absolute atomic E-state index is 6.29. The topological polar surface area (TPSA) is 36.9 Å². The van der Waals surface area contributed by atoms with Crippen molar-refractivity contribution >= 4 is 39.2 Å². The van der Waals surface area contributed by atoms with Crippen LogP contribution in [0, 0.1) is 0 Å². The van der Waals surface area contributed by atoms with E-state index in [-0.39, 0.29) is 12.4 Å². The highest BCUT2D eigenvalue weighted by atomic mass is 35.8. The molecule has 0 N–H and O–H groups in total. The van der Waals surface area contributed by atoms with Crippen LogP contribution in [0.15, 0.2) is 0 Å². The number of halogens is 3. The minimum atomic E-state index is -3.12. The molecule has 0 aromatic rings. The van der Waals surface area contributed by atoms with E-state index < -0.39 is 16.8 Å². The standard InChI is InChI=1S/C10H15Cl3O4Si/c1-14-8-6-10(17-8,18(11,12)13)9(3-5-16-9)7-2-4-15-7/h7-8H,2-6H2,1H3. The van der Waals surface area contributed by atoms with E-state index in [1.54, 1.807) is 7.11 Å². The van der Waals surface area contributed by atoms with Gasteiger partial charge < -0.3 is 18.9 Å². The average Bonchev–Trinajstić information content (AvgIpc) is 2.06. The Morgan fingerprint density at radius 3 is 2.17 bits per heavy atom. The van der Waals surface area contributed by atoms with Crippen LogP contribution >= 0.6 is 33.2 Å². The molecule has 3 aliphatic heterocycles. The van der Waals surface area contributed by atoms with E-state index in [0.717, 1.165) is 19.4 Å². The van der Waals surface area contributed by atoms with Crippen LogP contribution in [0.25, 0.3) is 0 Å². The first kappa shape index (κ1) is 13.9. The zero-order valence-corrected chi connectivity index (χ0v) is 13.2. The molecule has 0 aliphatic carbocycles. The third kappa shape index (κ3) is 1.66. The molecule has 0 spiro atoms. The van der Waals surface area contributed by atoms with Gasteiger partial charge in [-0.05, 0) is 6.42 Å². The molecule has 8 heteroatoms. The molecule has 4 unspecified atom stereocenters. The third-order valence-corrected chi connectivity index (χ3v) is 8.65. The minimum Gasteiger partial charge on any atom is -0.375 e. The first-order valence-corrected chi connectivity index (χ1v) is 11.0. The molecule has 0 saturated carbocycles. The van der Waals surface area contributed by atoms with Gasteiger partial charge in [-0.3, -0.25) is 0 Å². The summed E-state index contributed by atoms with van der Waals surface area (Å²) in [6.07, 6.45) is 1.97. The number of ether oxygens (including phenoxy) is 4. The zero-order valence-electron chi connectivity index (χ0n) is 9.96. The van der Waals surface area contributed by atoms with Crippen molar-refractivity contribution in [1.29, 1.82) is 0 Å². The maximum Gasteiger partial charge on any atom is 0.375 e. The van der Waals surface area contributed by atoms with Gasteiger partial charge in [0.05, 0.1) is 12.7 Å². The molecule has 104 valence electrons. The third-order valence-electron chi connectivity index (χ3n) is 4.24. The molecule has 0 amide bonds. The van der Waals surface area contributed by atoms with Crippen molar-refractivity contribution in [3.63, 3.8) is 0 Å². The van der Waals surface area contributed by atoms with Gasteiger partial charge in [-0.2, -0.15) is 0 Å². The van der Waals surface area contributed by atoms with Crippen molar-refractivity contribution in [2.75, 3.05) is 20.3 Å². The summed E-state index contributed by atoms with van der Waals surface area (Å²) in [6.45, 7) is 1.40. The van der Waals surface area contributed by atoms with Gasteiger partial charge in [-0.15, -0.1) is 33.2 Å². The lowest BCUT2D eigenvalue weighted by Gasteiger charge is -2.65. The van der Waals surface area contributed by atoms with Crippen molar-refractivity contribution in [3.8, 4) is 0 Å². The lowest BCUT2D eigenvalue weighted by Crippen LogP contribution is -2.82. The monoisotopic (exact) mass is 332 g/mol. The molecule has 3 fully saturated rings. The van der Waals surface area contributed by atoms with E-state index in [2.05, 4.69) is 0 Å². The quantitative estimate of drug-likeness (QED) is 0.584. The summed E-state index contributed by atoms with van der Waals surface area (Å²) in [4.78, 5) is 0. The Labute approximate surface area is 121 Å². The van der Waals surface area contributed by atoms with Crippen LogP contribution < -0.4 is 0 Å². The average molecular weight is 334 g/mol. The van der Waals surface area contributed by atoms with Gasteiger partial charge in [-0.25, -0.2) is 0 Å². The Kier molecular flexibility index (Phi) is 3.44. The summed E-state index contributed by atoms with van der Waals surface area (Å²) in [7, 11) is 1.59. The fraction of sp³-hybridized carbons (Fsp3) is 1.00. The molecule has 18 heavy (non-hydrogen) atoms. The highest BCUT2D eigenvalue weighted by Crippen LogP contribution is 2.60. The lowest BCUT2D eigenvalue weighted by atomic mass is 9.75. The van der Waals surface area contributed by atoms with Crippen LogP contribution in [0.4, 0.5) is 0 Å². The van der Waals surface area contributed by atoms with Crippen LogP contribution in [0.3, 0.4) is 0 Å². The first-order chi connectivity index (χ1) is 8.45. The summed E-state index contributed by atoms with van der Waals surface area (Å²) in [5, 5.41) is -0.839. The Balaban J connectivity index is 1.89. The van der Waals surface area contributed by atoms with Gasteiger partial charge in [0.2, 0.25) is 0 Å². The van der Waals surface area contributed by atoms with Crippen LogP contribution in [0.5, 0.6) is 0 Å². The number of hydrogen-bond acceptors (Lipinski definition) is 4. The van der Waals surface area contributed by atoms with E-state index in [1.165, 1.54) is 0 Å². The molecular formula is C10H15Cl3O4Si. The van der Waals surface area contributed by atoms with Crippen molar-refractivity contribution in [3.05, 3.63) is 0 Å². The molecule has 0 aromatic heterocycles. The Morgan fingerprint density at radius 1 is 1.28 bits per heavy atom. The van der Waals surface area contributed by atoms with Crippen molar-refractivity contribution in [2.45, 2.75) is 42.5 Å². The molecule has 0 radical (unpaired) electrons. The van der Waals surface area contributed by atoms with Crippen molar-refractivity contribution in [1.82, 2.24) is 0 Å². The molecule has 3 saturated heterocycles. The number of hydrogen-bond donors (Lipinski definition) is 0. The molecule has 0 bridgehead atoms. The molecule has 4 atom stereocenters. The van der Waals surface area contributed by atoms with E-state index in [4.69, 9.17) is 52.2 Å². The Morgan fingerprint density at radius 2 is 1.89 bits per heavy atom. The van der Waals surface area contributed by atoms with Crippen LogP contribution in [0.1, 0.15) is 19.3 Å². The van der Waals surface area contributed by atoms with Gasteiger partial charge in [0, 0.05) is 26.6 Å². The second-order valence-electron chi connectivity index (χ2n) is 4.95. The van der Waals surface area contributed by atoms with Gasteiger partial charge >= 0.3 is 6.00 Å². The van der Waals surface area contributed by atoms with Gasteiger partial charge in [0.25, 0.3) is 0 Å². The molecule has 0 aromatic carbocycles. The summed E-state index contributed by atoms with van der Waals surface area (Å²) in [5.41, 5.74) is -0.586. The predicted octanol–water partition coefficient (Wildman–Crippen LogP) is 2.26. The van der Waals surface area contributed by atoms with E-state index in [9.17, 15) is 0 Å². The first-order valence-electron chi connectivity index (χ1n) is 5.98. The summed E-state index contributed by atoms with van der Waals surface area (Å²) >= 11 is 18.9.